The van der Waals surface area contributed by atoms with E-state index in [-0.39, 0.29) is 0 Å². The molecule has 13 heavy (non-hydrogen) atoms. The average Bonchev–Trinajstić information content (AvgIpc) is 2.76. The van der Waals surface area contributed by atoms with Crippen LogP contribution in [0, 0.1) is 5.92 Å². The average molecular weight is 184 g/mol. The lowest BCUT2D eigenvalue weighted by Crippen LogP contribution is -2.27. The standard InChI is InChI=1S/C10H20N2O/c1-2-12-5-3-9(8-12)7-10-11-4-6-13-10/h9-11H,2-8H2,1H3. The first kappa shape index (κ1) is 9.44. The fourth-order valence-electron chi connectivity index (χ4n) is 2.33. The van der Waals surface area contributed by atoms with E-state index in [0.29, 0.717) is 6.23 Å². The number of ether oxygens (including phenoxy) is 1. The van der Waals surface area contributed by atoms with Crippen molar-refractivity contribution in [3.63, 3.8) is 0 Å². The maximum atomic E-state index is 5.55. The quantitative estimate of drug-likeness (QED) is 0.697. The van der Waals surface area contributed by atoms with E-state index in [0.717, 1.165) is 19.1 Å². The van der Waals surface area contributed by atoms with Crippen LogP contribution in [-0.4, -0.2) is 43.9 Å². The van der Waals surface area contributed by atoms with Crippen molar-refractivity contribution in [1.29, 1.82) is 0 Å². The number of likely N-dealkylation sites (tertiary alicyclic amines) is 1. The highest BCUT2D eigenvalue weighted by Crippen LogP contribution is 2.21. The third-order valence-electron chi connectivity index (χ3n) is 3.16. The largest absolute Gasteiger partial charge is 0.362 e. The van der Waals surface area contributed by atoms with Crippen LogP contribution in [0.1, 0.15) is 19.8 Å². The Morgan fingerprint density at radius 2 is 2.46 bits per heavy atom. The van der Waals surface area contributed by atoms with E-state index >= 15 is 0 Å². The number of rotatable bonds is 3. The predicted molar refractivity (Wildman–Crippen MR) is 52.6 cm³/mol. The van der Waals surface area contributed by atoms with Crippen molar-refractivity contribution < 1.29 is 4.74 Å². The SMILES string of the molecule is CCN1CCC(CC2NCCO2)C1. The van der Waals surface area contributed by atoms with Crippen molar-refractivity contribution in [3.05, 3.63) is 0 Å². The van der Waals surface area contributed by atoms with Gasteiger partial charge in [0.25, 0.3) is 0 Å². The summed E-state index contributed by atoms with van der Waals surface area (Å²) in [6, 6.07) is 0. The molecule has 2 atom stereocenters. The highest BCUT2D eigenvalue weighted by atomic mass is 16.5. The monoisotopic (exact) mass is 184 g/mol. The molecule has 2 heterocycles. The van der Waals surface area contributed by atoms with E-state index in [4.69, 9.17) is 4.74 Å². The van der Waals surface area contributed by atoms with E-state index in [1.54, 1.807) is 0 Å². The summed E-state index contributed by atoms with van der Waals surface area (Å²) in [5.41, 5.74) is 0. The van der Waals surface area contributed by atoms with Crippen LogP contribution < -0.4 is 5.32 Å². The van der Waals surface area contributed by atoms with Crippen LogP contribution in [0.2, 0.25) is 0 Å². The molecule has 0 aromatic carbocycles. The molecule has 0 saturated carbocycles. The Balaban J connectivity index is 1.70. The van der Waals surface area contributed by atoms with E-state index < -0.39 is 0 Å². The van der Waals surface area contributed by atoms with Gasteiger partial charge in [0.2, 0.25) is 0 Å². The van der Waals surface area contributed by atoms with Crippen LogP contribution in [0.4, 0.5) is 0 Å². The van der Waals surface area contributed by atoms with Crippen LogP contribution in [0.3, 0.4) is 0 Å². The molecule has 0 spiro atoms. The molecular formula is C10H20N2O. The molecule has 0 aliphatic carbocycles. The zero-order chi connectivity index (χ0) is 9.10. The third kappa shape index (κ3) is 2.42. The minimum absolute atomic E-state index is 0.349. The molecule has 2 saturated heterocycles. The second-order valence-electron chi connectivity index (χ2n) is 4.10. The number of hydrogen-bond donors (Lipinski definition) is 1. The zero-order valence-electron chi connectivity index (χ0n) is 8.46. The van der Waals surface area contributed by atoms with E-state index in [1.165, 1.54) is 32.5 Å². The van der Waals surface area contributed by atoms with Crippen molar-refractivity contribution in [3.8, 4) is 0 Å². The van der Waals surface area contributed by atoms with Gasteiger partial charge >= 0.3 is 0 Å². The molecule has 0 radical (unpaired) electrons. The van der Waals surface area contributed by atoms with Crippen molar-refractivity contribution in [2.45, 2.75) is 26.0 Å². The van der Waals surface area contributed by atoms with E-state index in [2.05, 4.69) is 17.1 Å². The molecule has 3 nitrogen and oxygen atoms in total. The first-order chi connectivity index (χ1) is 6.38. The molecule has 2 aliphatic heterocycles. The Morgan fingerprint density at radius 3 is 3.08 bits per heavy atom. The second-order valence-corrected chi connectivity index (χ2v) is 4.10. The maximum Gasteiger partial charge on any atom is 0.108 e. The lowest BCUT2D eigenvalue weighted by atomic mass is 10.0. The number of hydrogen-bond acceptors (Lipinski definition) is 3. The predicted octanol–water partition coefficient (Wildman–Crippen LogP) is 0.664. The molecular weight excluding hydrogens is 164 g/mol. The van der Waals surface area contributed by atoms with Crippen molar-refractivity contribution >= 4 is 0 Å². The van der Waals surface area contributed by atoms with Crippen LogP contribution in [0.25, 0.3) is 0 Å². The molecule has 0 bridgehead atoms. The lowest BCUT2D eigenvalue weighted by molar-refractivity contribution is 0.0804. The summed E-state index contributed by atoms with van der Waals surface area (Å²) in [5.74, 6) is 0.857. The summed E-state index contributed by atoms with van der Waals surface area (Å²) in [4.78, 5) is 2.53. The number of nitrogens with zero attached hydrogens (tertiary/aromatic N) is 1. The Labute approximate surface area is 80.4 Å². The molecule has 2 fully saturated rings. The highest BCUT2D eigenvalue weighted by Gasteiger charge is 2.25. The summed E-state index contributed by atoms with van der Waals surface area (Å²) in [6.45, 7) is 7.94. The maximum absolute atomic E-state index is 5.55. The first-order valence-electron chi connectivity index (χ1n) is 5.46. The molecule has 2 rings (SSSR count). The summed E-state index contributed by atoms with van der Waals surface area (Å²) < 4.78 is 5.55. The Bertz CT molecular complexity index is 157. The summed E-state index contributed by atoms with van der Waals surface area (Å²) >= 11 is 0. The van der Waals surface area contributed by atoms with Gasteiger partial charge in [0.15, 0.2) is 0 Å². The van der Waals surface area contributed by atoms with Gasteiger partial charge in [-0.25, -0.2) is 0 Å². The smallest absolute Gasteiger partial charge is 0.108 e. The Hall–Kier alpha value is -0.120. The van der Waals surface area contributed by atoms with Gasteiger partial charge in [-0.2, -0.15) is 0 Å². The fourth-order valence-corrected chi connectivity index (χ4v) is 2.33. The van der Waals surface area contributed by atoms with Gasteiger partial charge < -0.3 is 9.64 Å². The molecule has 0 aromatic rings. The molecule has 2 aliphatic rings. The number of nitrogens with one attached hydrogen (secondary N) is 1. The summed E-state index contributed by atoms with van der Waals surface area (Å²) in [7, 11) is 0. The Kier molecular flexibility index (Phi) is 3.19. The summed E-state index contributed by atoms with van der Waals surface area (Å²) in [6.07, 6.45) is 2.91. The van der Waals surface area contributed by atoms with Crippen LogP contribution in [0.15, 0.2) is 0 Å². The molecule has 2 unspecified atom stereocenters. The van der Waals surface area contributed by atoms with Gasteiger partial charge in [-0.15, -0.1) is 0 Å². The van der Waals surface area contributed by atoms with Crippen LogP contribution in [0.5, 0.6) is 0 Å². The fraction of sp³-hybridized carbons (Fsp3) is 1.00. The lowest BCUT2D eigenvalue weighted by Gasteiger charge is -2.16. The van der Waals surface area contributed by atoms with Crippen LogP contribution in [-0.2, 0) is 4.74 Å². The van der Waals surface area contributed by atoms with Crippen LogP contribution >= 0.6 is 0 Å². The first-order valence-corrected chi connectivity index (χ1v) is 5.46. The Morgan fingerprint density at radius 1 is 1.54 bits per heavy atom. The molecule has 0 amide bonds. The van der Waals surface area contributed by atoms with E-state index in [9.17, 15) is 0 Å². The molecule has 76 valence electrons. The highest BCUT2D eigenvalue weighted by molar-refractivity contribution is 4.78. The summed E-state index contributed by atoms with van der Waals surface area (Å²) in [5, 5.41) is 3.38. The van der Waals surface area contributed by atoms with Gasteiger partial charge in [0.1, 0.15) is 6.23 Å². The van der Waals surface area contributed by atoms with Crippen molar-refractivity contribution in [1.82, 2.24) is 10.2 Å². The minimum atomic E-state index is 0.349. The second kappa shape index (κ2) is 4.40. The molecule has 3 heteroatoms. The van der Waals surface area contributed by atoms with Gasteiger partial charge in [-0.05, 0) is 31.8 Å². The van der Waals surface area contributed by atoms with Crippen molar-refractivity contribution in [2.24, 2.45) is 5.92 Å². The normalized spacial score (nSPS) is 35.8. The van der Waals surface area contributed by atoms with Gasteiger partial charge in [-0.3, -0.25) is 5.32 Å². The third-order valence-corrected chi connectivity index (χ3v) is 3.16. The minimum Gasteiger partial charge on any atom is -0.362 e. The topological polar surface area (TPSA) is 24.5 Å². The van der Waals surface area contributed by atoms with Crippen molar-refractivity contribution in [2.75, 3.05) is 32.8 Å². The zero-order valence-corrected chi connectivity index (χ0v) is 8.46. The molecule has 0 aromatic heterocycles. The van der Waals surface area contributed by atoms with Gasteiger partial charge in [0.05, 0.1) is 6.61 Å². The van der Waals surface area contributed by atoms with E-state index in [1.807, 2.05) is 0 Å². The van der Waals surface area contributed by atoms with Gasteiger partial charge in [-0.1, -0.05) is 6.92 Å². The molecule has 1 N–H and O–H groups in total. The van der Waals surface area contributed by atoms with Gasteiger partial charge in [0, 0.05) is 13.1 Å².